The highest BCUT2D eigenvalue weighted by molar-refractivity contribution is 6.31. The maximum Gasteiger partial charge on any atom is 0.191 e. The zero-order chi connectivity index (χ0) is 12.5. The first kappa shape index (κ1) is 13.8. The smallest absolute Gasteiger partial charge is 0.191 e. The lowest BCUT2D eigenvalue weighted by molar-refractivity contribution is 0.729. The van der Waals surface area contributed by atoms with Crippen LogP contribution >= 0.6 is 11.6 Å². The van der Waals surface area contributed by atoms with E-state index in [9.17, 15) is 0 Å². The number of hydrogen-bond acceptors (Lipinski definition) is 1. The number of hydrogen-bond donors (Lipinski definition) is 2. The van der Waals surface area contributed by atoms with E-state index in [0.717, 1.165) is 29.5 Å². The van der Waals surface area contributed by atoms with Crippen LogP contribution in [0.25, 0.3) is 0 Å². The Bertz CT molecular complexity index is 363. The molecule has 94 valence electrons. The first-order valence-electron chi connectivity index (χ1n) is 5.95. The summed E-state index contributed by atoms with van der Waals surface area (Å²) in [4.78, 5) is 4.16. The molecule has 0 unspecified atom stereocenters. The maximum atomic E-state index is 6.08. The predicted octanol–water partition coefficient (Wildman–Crippen LogP) is 2.81. The summed E-state index contributed by atoms with van der Waals surface area (Å²) in [6, 6.07) is 7.82. The molecule has 0 saturated carbocycles. The van der Waals surface area contributed by atoms with Crippen LogP contribution in [0.5, 0.6) is 0 Å². The Morgan fingerprint density at radius 3 is 2.71 bits per heavy atom. The van der Waals surface area contributed by atoms with Crippen LogP contribution in [0.3, 0.4) is 0 Å². The molecule has 0 atom stereocenters. The molecule has 0 aliphatic carbocycles. The van der Waals surface area contributed by atoms with E-state index in [-0.39, 0.29) is 0 Å². The Balaban J connectivity index is 2.40. The van der Waals surface area contributed by atoms with E-state index in [1.54, 1.807) is 7.05 Å². The quantitative estimate of drug-likeness (QED) is 0.481. The molecule has 1 rings (SSSR count). The van der Waals surface area contributed by atoms with E-state index in [1.165, 1.54) is 6.42 Å². The van der Waals surface area contributed by atoms with Gasteiger partial charge in [-0.15, -0.1) is 0 Å². The van der Waals surface area contributed by atoms with Crippen LogP contribution in [0.4, 0.5) is 0 Å². The third kappa shape index (κ3) is 5.09. The fraction of sp³-hybridized carbons (Fsp3) is 0.462. The van der Waals surface area contributed by atoms with Crippen LogP contribution in [0.2, 0.25) is 5.02 Å². The molecule has 0 bridgehead atoms. The summed E-state index contributed by atoms with van der Waals surface area (Å²) < 4.78 is 0. The second-order valence-electron chi connectivity index (χ2n) is 3.80. The summed E-state index contributed by atoms with van der Waals surface area (Å²) in [5, 5.41) is 7.28. The van der Waals surface area contributed by atoms with Crippen LogP contribution < -0.4 is 10.6 Å². The highest BCUT2D eigenvalue weighted by Crippen LogP contribution is 2.13. The first-order valence-corrected chi connectivity index (χ1v) is 6.33. The molecule has 3 nitrogen and oxygen atoms in total. The van der Waals surface area contributed by atoms with Gasteiger partial charge in [-0.3, -0.25) is 4.99 Å². The molecule has 0 fully saturated rings. The lowest BCUT2D eigenvalue weighted by atomic mass is 10.2. The number of guanidine groups is 1. The monoisotopic (exact) mass is 253 g/mol. The molecular formula is C13H20ClN3. The fourth-order valence-corrected chi connectivity index (χ4v) is 1.63. The van der Waals surface area contributed by atoms with Crippen molar-refractivity contribution >= 4 is 17.6 Å². The molecule has 0 spiro atoms. The van der Waals surface area contributed by atoms with Gasteiger partial charge in [0, 0.05) is 25.2 Å². The van der Waals surface area contributed by atoms with Gasteiger partial charge in [0.25, 0.3) is 0 Å². The first-order chi connectivity index (χ1) is 8.27. The third-order valence-electron chi connectivity index (χ3n) is 2.45. The van der Waals surface area contributed by atoms with Gasteiger partial charge in [-0.1, -0.05) is 43.1 Å². The van der Waals surface area contributed by atoms with E-state index >= 15 is 0 Å². The zero-order valence-electron chi connectivity index (χ0n) is 10.5. The minimum atomic E-state index is 0.686. The molecule has 0 aliphatic rings. The maximum absolute atomic E-state index is 6.08. The number of benzene rings is 1. The topological polar surface area (TPSA) is 36.4 Å². The molecule has 1 aromatic rings. The van der Waals surface area contributed by atoms with Crippen molar-refractivity contribution < 1.29 is 0 Å². The van der Waals surface area contributed by atoms with Crippen molar-refractivity contribution in [1.82, 2.24) is 10.6 Å². The van der Waals surface area contributed by atoms with Gasteiger partial charge in [0.1, 0.15) is 0 Å². The van der Waals surface area contributed by atoms with Gasteiger partial charge >= 0.3 is 0 Å². The highest BCUT2D eigenvalue weighted by Gasteiger charge is 2.00. The lowest BCUT2D eigenvalue weighted by Gasteiger charge is -2.12. The van der Waals surface area contributed by atoms with Crippen molar-refractivity contribution in [2.24, 2.45) is 4.99 Å². The van der Waals surface area contributed by atoms with Gasteiger partial charge in [-0.25, -0.2) is 0 Å². The van der Waals surface area contributed by atoms with Crippen LogP contribution in [0.1, 0.15) is 25.3 Å². The molecular weight excluding hydrogens is 234 g/mol. The highest BCUT2D eigenvalue weighted by atomic mass is 35.5. The Hall–Kier alpha value is -1.22. The summed E-state index contributed by atoms with van der Waals surface area (Å²) in [5.41, 5.74) is 1.08. The summed E-state index contributed by atoms with van der Waals surface area (Å²) in [7, 11) is 1.77. The number of nitrogens with one attached hydrogen (secondary N) is 2. The average Bonchev–Trinajstić information content (AvgIpc) is 2.35. The van der Waals surface area contributed by atoms with Crippen molar-refractivity contribution in [2.75, 3.05) is 13.6 Å². The molecule has 0 aliphatic heterocycles. The van der Waals surface area contributed by atoms with Gasteiger partial charge in [-0.2, -0.15) is 0 Å². The normalized spacial score (nSPS) is 11.4. The van der Waals surface area contributed by atoms with Crippen molar-refractivity contribution in [2.45, 2.75) is 26.3 Å². The number of unbranched alkanes of at least 4 members (excludes halogenated alkanes) is 1. The third-order valence-corrected chi connectivity index (χ3v) is 2.82. The van der Waals surface area contributed by atoms with Crippen molar-refractivity contribution in [1.29, 1.82) is 0 Å². The van der Waals surface area contributed by atoms with Crippen LogP contribution in [0.15, 0.2) is 29.3 Å². The Kier molecular flexibility index (Phi) is 6.48. The summed E-state index contributed by atoms with van der Waals surface area (Å²) in [5.74, 6) is 0.818. The van der Waals surface area contributed by atoms with E-state index in [4.69, 9.17) is 11.6 Å². The van der Waals surface area contributed by atoms with E-state index in [0.29, 0.717) is 6.54 Å². The molecule has 4 heteroatoms. The minimum Gasteiger partial charge on any atom is -0.356 e. The van der Waals surface area contributed by atoms with Crippen LogP contribution in [0, 0.1) is 0 Å². The standard InChI is InChI=1S/C13H20ClN3/c1-3-4-9-16-13(15-2)17-10-11-7-5-6-8-12(11)14/h5-8H,3-4,9-10H2,1-2H3,(H2,15,16,17). The van der Waals surface area contributed by atoms with Crippen LogP contribution in [-0.4, -0.2) is 19.6 Å². The predicted molar refractivity (Wildman–Crippen MR) is 74.6 cm³/mol. The van der Waals surface area contributed by atoms with Gasteiger partial charge in [0.2, 0.25) is 0 Å². The van der Waals surface area contributed by atoms with E-state index in [1.807, 2.05) is 24.3 Å². The Labute approximate surface area is 108 Å². The molecule has 0 aromatic heterocycles. The largest absolute Gasteiger partial charge is 0.356 e. The summed E-state index contributed by atoms with van der Waals surface area (Å²) in [6.45, 7) is 3.80. The Morgan fingerprint density at radius 1 is 1.29 bits per heavy atom. The Morgan fingerprint density at radius 2 is 2.06 bits per heavy atom. The molecule has 17 heavy (non-hydrogen) atoms. The van der Waals surface area contributed by atoms with Gasteiger partial charge in [0.05, 0.1) is 0 Å². The van der Waals surface area contributed by atoms with E-state index in [2.05, 4.69) is 22.5 Å². The number of aliphatic imine (C=N–C) groups is 1. The fourth-order valence-electron chi connectivity index (χ4n) is 1.42. The molecule has 0 saturated heterocycles. The number of halogens is 1. The van der Waals surface area contributed by atoms with Crippen molar-refractivity contribution in [3.63, 3.8) is 0 Å². The second-order valence-corrected chi connectivity index (χ2v) is 4.20. The van der Waals surface area contributed by atoms with Crippen LogP contribution in [-0.2, 0) is 6.54 Å². The minimum absolute atomic E-state index is 0.686. The van der Waals surface area contributed by atoms with E-state index < -0.39 is 0 Å². The average molecular weight is 254 g/mol. The summed E-state index contributed by atoms with van der Waals surface area (Å²) in [6.07, 6.45) is 2.32. The number of nitrogens with zero attached hydrogens (tertiary/aromatic N) is 1. The zero-order valence-corrected chi connectivity index (χ0v) is 11.2. The van der Waals surface area contributed by atoms with Gasteiger partial charge < -0.3 is 10.6 Å². The second kappa shape index (κ2) is 7.96. The number of rotatable bonds is 5. The lowest BCUT2D eigenvalue weighted by Crippen LogP contribution is -2.37. The van der Waals surface area contributed by atoms with Crippen molar-refractivity contribution in [3.8, 4) is 0 Å². The molecule has 0 radical (unpaired) electrons. The SMILES string of the molecule is CCCCNC(=NC)NCc1ccccc1Cl. The van der Waals surface area contributed by atoms with Gasteiger partial charge in [0.15, 0.2) is 5.96 Å². The van der Waals surface area contributed by atoms with Gasteiger partial charge in [-0.05, 0) is 18.1 Å². The van der Waals surface area contributed by atoms with Crippen molar-refractivity contribution in [3.05, 3.63) is 34.9 Å². The molecule has 2 N–H and O–H groups in total. The summed E-state index contributed by atoms with van der Waals surface area (Å²) >= 11 is 6.08. The molecule has 0 amide bonds. The molecule has 1 aromatic carbocycles. The molecule has 0 heterocycles.